The lowest BCUT2D eigenvalue weighted by atomic mass is 10.2. The smallest absolute Gasteiger partial charge is 0.274 e. The zero-order valence-corrected chi connectivity index (χ0v) is 17.3. The van der Waals surface area contributed by atoms with Crippen LogP contribution in [0.15, 0.2) is 42.5 Å². The van der Waals surface area contributed by atoms with E-state index in [-0.39, 0.29) is 29.9 Å². The third-order valence-electron chi connectivity index (χ3n) is 4.87. The molecule has 0 unspecified atom stereocenters. The topological polar surface area (TPSA) is 98.1 Å². The highest BCUT2D eigenvalue weighted by atomic mass is 19.1. The Kier molecular flexibility index (Phi) is 6.11. The van der Waals surface area contributed by atoms with E-state index in [1.165, 1.54) is 10.7 Å². The van der Waals surface area contributed by atoms with Crippen LogP contribution < -0.4 is 15.4 Å². The van der Waals surface area contributed by atoms with Gasteiger partial charge in [-0.2, -0.15) is 0 Å². The molecule has 32 heavy (non-hydrogen) atoms. The molecule has 2 aromatic carbocycles. The number of halogens is 2. The quantitative estimate of drug-likeness (QED) is 0.560. The second kappa shape index (κ2) is 9.13. The largest absolute Gasteiger partial charge is 0.481 e. The first-order valence-electron chi connectivity index (χ1n) is 10.2. The fraction of sp³-hybridized carbons (Fsp3) is 0.273. The van der Waals surface area contributed by atoms with Gasteiger partial charge in [-0.1, -0.05) is 11.3 Å². The molecule has 4 rings (SSSR count). The fourth-order valence-electron chi connectivity index (χ4n) is 3.07. The summed E-state index contributed by atoms with van der Waals surface area (Å²) in [5.41, 5.74) is 1.18. The van der Waals surface area contributed by atoms with Crippen LogP contribution in [0.25, 0.3) is 5.69 Å². The van der Waals surface area contributed by atoms with Gasteiger partial charge < -0.3 is 15.4 Å². The Balaban J connectivity index is 1.65. The lowest BCUT2D eigenvalue weighted by Gasteiger charge is -2.12. The van der Waals surface area contributed by atoms with Crippen molar-refractivity contribution < 1.29 is 23.1 Å². The number of ether oxygens (including phenoxy) is 1. The van der Waals surface area contributed by atoms with Gasteiger partial charge in [0.15, 0.2) is 23.1 Å². The first-order chi connectivity index (χ1) is 15.5. The number of para-hydroxylation sites is 1. The number of carbonyl (C=O) groups is 2. The second-order valence-corrected chi connectivity index (χ2v) is 7.29. The van der Waals surface area contributed by atoms with Crippen molar-refractivity contribution in [3.05, 3.63) is 71.1 Å². The van der Waals surface area contributed by atoms with Crippen molar-refractivity contribution in [1.29, 1.82) is 0 Å². The summed E-state index contributed by atoms with van der Waals surface area (Å²) in [7, 11) is 0. The molecule has 166 valence electrons. The molecule has 3 aromatic rings. The van der Waals surface area contributed by atoms with E-state index in [0.29, 0.717) is 17.8 Å². The molecule has 0 saturated heterocycles. The Labute approximate surface area is 182 Å². The van der Waals surface area contributed by atoms with Gasteiger partial charge in [0.25, 0.3) is 11.8 Å². The summed E-state index contributed by atoms with van der Waals surface area (Å²) in [4.78, 5) is 24.6. The van der Waals surface area contributed by atoms with E-state index in [9.17, 15) is 18.4 Å². The Morgan fingerprint density at radius 1 is 1.09 bits per heavy atom. The van der Waals surface area contributed by atoms with E-state index in [0.717, 1.165) is 25.0 Å². The van der Waals surface area contributed by atoms with Gasteiger partial charge in [-0.15, -0.1) is 5.10 Å². The van der Waals surface area contributed by atoms with Gasteiger partial charge in [0, 0.05) is 18.2 Å². The highest BCUT2D eigenvalue weighted by molar-refractivity contribution is 5.94. The highest BCUT2D eigenvalue weighted by Gasteiger charge is 2.28. The highest BCUT2D eigenvalue weighted by Crippen LogP contribution is 2.24. The molecule has 1 heterocycles. The molecule has 1 aliphatic rings. The average Bonchev–Trinajstić information content (AvgIpc) is 3.49. The molecule has 1 saturated carbocycles. The zero-order valence-electron chi connectivity index (χ0n) is 17.3. The number of hydrogen-bond donors (Lipinski definition) is 2. The summed E-state index contributed by atoms with van der Waals surface area (Å²) in [6.45, 7) is 1.97. The molecule has 1 fully saturated rings. The maximum Gasteiger partial charge on any atom is 0.274 e. The van der Waals surface area contributed by atoms with Crippen LogP contribution in [0.1, 0.15) is 46.3 Å². The molecule has 0 atom stereocenters. The van der Waals surface area contributed by atoms with Crippen molar-refractivity contribution in [3.63, 3.8) is 0 Å². The number of amides is 2. The van der Waals surface area contributed by atoms with Crippen molar-refractivity contribution in [2.75, 3.05) is 6.54 Å². The molecule has 2 N–H and O–H groups in total. The minimum absolute atomic E-state index is 0.00134. The number of carbonyl (C=O) groups excluding carboxylic acids is 2. The molecular weight excluding hydrogens is 420 g/mol. The van der Waals surface area contributed by atoms with Crippen LogP contribution in [-0.2, 0) is 6.61 Å². The molecule has 10 heteroatoms. The van der Waals surface area contributed by atoms with Crippen molar-refractivity contribution in [2.24, 2.45) is 0 Å². The van der Waals surface area contributed by atoms with Crippen LogP contribution in [-0.4, -0.2) is 39.4 Å². The molecule has 0 aliphatic heterocycles. The maximum atomic E-state index is 14.0. The molecule has 0 bridgehead atoms. The van der Waals surface area contributed by atoms with E-state index in [1.54, 1.807) is 24.3 Å². The predicted octanol–water partition coefficient (Wildman–Crippen LogP) is 2.77. The van der Waals surface area contributed by atoms with Gasteiger partial charge in [0.05, 0.1) is 5.69 Å². The Hall–Kier alpha value is -3.82. The minimum atomic E-state index is -0.862. The van der Waals surface area contributed by atoms with Crippen molar-refractivity contribution in [3.8, 4) is 11.4 Å². The van der Waals surface area contributed by atoms with Gasteiger partial charge in [-0.3, -0.25) is 9.59 Å². The van der Waals surface area contributed by atoms with E-state index in [2.05, 4.69) is 20.9 Å². The molecule has 2 amide bonds. The minimum Gasteiger partial charge on any atom is -0.481 e. The van der Waals surface area contributed by atoms with Gasteiger partial charge in [-0.05, 0) is 56.2 Å². The van der Waals surface area contributed by atoms with Crippen LogP contribution in [0.4, 0.5) is 8.78 Å². The van der Waals surface area contributed by atoms with Crippen LogP contribution in [0.2, 0.25) is 0 Å². The first-order valence-corrected chi connectivity index (χ1v) is 10.2. The summed E-state index contributed by atoms with van der Waals surface area (Å²) >= 11 is 0. The molecule has 8 nitrogen and oxygen atoms in total. The Morgan fingerprint density at radius 3 is 2.41 bits per heavy atom. The number of rotatable bonds is 8. The number of aromatic nitrogens is 3. The maximum absolute atomic E-state index is 14.0. The van der Waals surface area contributed by atoms with Gasteiger partial charge in [0.2, 0.25) is 0 Å². The molecule has 0 radical (unpaired) electrons. The van der Waals surface area contributed by atoms with Gasteiger partial charge in [0.1, 0.15) is 12.3 Å². The fourth-order valence-corrected chi connectivity index (χ4v) is 3.07. The van der Waals surface area contributed by atoms with Crippen LogP contribution in [0, 0.1) is 11.6 Å². The summed E-state index contributed by atoms with van der Waals surface area (Å²) < 4.78 is 34.7. The Morgan fingerprint density at radius 2 is 1.78 bits per heavy atom. The molecule has 0 spiro atoms. The van der Waals surface area contributed by atoms with E-state index in [4.69, 9.17) is 4.74 Å². The predicted molar refractivity (Wildman–Crippen MR) is 111 cm³/mol. The van der Waals surface area contributed by atoms with Crippen molar-refractivity contribution in [2.45, 2.75) is 32.4 Å². The van der Waals surface area contributed by atoms with E-state index in [1.807, 2.05) is 6.92 Å². The normalized spacial score (nSPS) is 13.0. The van der Waals surface area contributed by atoms with Crippen molar-refractivity contribution in [1.82, 2.24) is 25.6 Å². The van der Waals surface area contributed by atoms with Crippen molar-refractivity contribution >= 4 is 11.8 Å². The number of nitrogens with one attached hydrogen (secondary N) is 2. The SMILES string of the molecule is CCNC(=O)c1ccc(-n2nnc(C(=O)NC3CC3)c2COc2c(F)cccc2F)cc1. The van der Waals surface area contributed by atoms with E-state index >= 15 is 0 Å². The molecule has 1 aromatic heterocycles. The van der Waals surface area contributed by atoms with E-state index < -0.39 is 23.3 Å². The van der Waals surface area contributed by atoms with Crippen LogP contribution in [0.5, 0.6) is 5.75 Å². The lowest BCUT2D eigenvalue weighted by Crippen LogP contribution is -2.27. The monoisotopic (exact) mass is 441 g/mol. The third kappa shape index (κ3) is 4.58. The summed E-state index contributed by atoms with van der Waals surface area (Å²) in [6.07, 6.45) is 1.76. The summed E-state index contributed by atoms with van der Waals surface area (Å²) in [5.74, 6) is -2.94. The number of nitrogens with zero attached hydrogens (tertiary/aromatic N) is 3. The third-order valence-corrected chi connectivity index (χ3v) is 4.87. The molecular formula is C22H21F2N5O3. The van der Waals surface area contributed by atoms with Gasteiger partial charge >= 0.3 is 0 Å². The Bertz CT molecular complexity index is 1120. The first kappa shape index (κ1) is 21.4. The van der Waals surface area contributed by atoms with Crippen LogP contribution in [0.3, 0.4) is 0 Å². The average molecular weight is 441 g/mol. The summed E-state index contributed by atoms with van der Waals surface area (Å²) in [6, 6.07) is 9.95. The van der Waals surface area contributed by atoms with Crippen LogP contribution >= 0.6 is 0 Å². The number of hydrogen-bond acceptors (Lipinski definition) is 5. The molecule has 1 aliphatic carbocycles. The van der Waals surface area contributed by atoms with Gasteiger partial charge in [-0.25, -0.2) is 13.5 Å². The zero-order chi connectivity index (χ0) is 22.7. The lowest BCUT2D eigenvalue weighted by molar-refractivity contribution is 0.0939. The summed E-state index contributed by atoms with van der Waals surface area (Å²) in [5, 5.41) is 13.5. The number of benzene rings is 2. The standard InChI is InChI=1S/C22H21F2N5O3/c1-2-25-21(30)13-6-10-15(11-7-13)29-18(12-32-20-16(23)4-3-5-17(20)24)19(27-28-29)22(31)26-14-8-9-14/h3-7,10-11,14H,2,8-9,12H2,1H3,(H,25,30)(H,26,31). The second-order valence-electron chi connectivity index (χ2n) is 7.29.